The molecule has 4 rings (SSSR count). The molecular formula is C20H22F3N5O4S. The number of carboxylic acid groups (broad SMARTS) is 1. The second-order valence-electron chi connectivity index (χ2n) is 7.33. The largest absolute Gasteiger partial charge is 0.490 e. The Morgan fingerprint density at radius 3 is 2.58 bits per heavy atom. The molecule has 0 amide bonds. The van der Waals surface area contributed by atoms with E-state index < -0.39 is 22.2 Å². The average Bonchev–Trinajstić information content (AvgIpc) is 3.23. The van der Waals surface area contributed by atoms with Gasteiger partial charge >= 0.3 is 12.1 Å². The molecule has 178 valence electrons. The number of hydrogen-bond acceptors (Lipinski definition) is 6. The summed E-state index contributed by atoms with van der Waals surface area (Å²) in [6.07, 6.45) is 2.15. The summed E-state index contributed by atoms with van der Waals surface area (Å²) in [6, 6.07) is 7.83. The monoisotopic (exact) mass is 485 g/mol. The summed E-state index contributed by atoms with van der Waals surface area (Å²) >= 11 is 0. The summed E-state index contributed by atoms with van der Waals surface area (Å²) in [5.74, 6) is -1.88. The minimum Gasteiger partial charge on any atom is -0.475 e. The topological polar surface area (TPSA) is 118 Å². The van der Waals surface area contributed by atoms with E-state index in [9.17, 15) is 21.6 Å². The summed E-state index contributed by atoms with van der Waals surface area (Å²) in [6.45, 7) is 2.73. The van der Waals surface area contributed by atoms with Gasteiger partial charge in [0.15, 0.2) is 11.5 Å². The molecule has 9 nitrogen and oxygen atoms in total. The van der Waals surface area contributed by atoms with Crippen molar-refractivity contribution in [2.75, 3.05) is 18.8 Å². The van der Waals surface area contributed by atoms with E-state index in [1.165, 1.54) is 0 Å². The number of halogens is 3. The number of piperidine rings is 1. The SMILES string of the molecule is CCS(=O)(=O)N1CCCC(c2nc3ccc(-c4cccnc4)cn3n2)C1.O=C(O)C(F)(F)F. The first-order valence-electron chi connectivity index (χ1n) is 10.1. The van der Waals surface area contributed by atoms with Crippen LogP contribution in [0.5, 0.6) is 0 Å². The maximum absolute atomic E-state index is 12.2. The van der Waals surface area contributed by atoms with Gasteiger partial charge in [-0.1, -0.05) is 6.07 Å². The molecule has 3 aromatic rings. The highest BCUT2D eigenvalue weighted by Crippen LogP contribution is 2.27. The molecule has 1 aliphatic heterocycles. The number of rotatable bonds is 4. The third-order valence-corrected chi connectivity index (χ3v) is 6.94. The molecular weight excluding hydrogens is 463 g/mol. The van der Waals surface area contributed by atoms with Crippen LogP contribution in [0.4, 0.5) is 13.2 Å². The van der Waals surface area contributed by atoms with Gasteiger partial charge in [-0.05, 0) is 38.0 Å². The van der Waals surface area contributed by atoms with Gasteiger partial charge in [0, 0.05) is 48.7 Å². The number of carbonyl (C=O) groups is 1. The Hall–Kier alpha value is -3.06. The van der Waals surface area contributed by atoms with E-state index in [0.29, 0.717) is 18.9 Å². The van der Waals surface area contributed by atoms with Gasteiger partial charge in [0.2, 0.25) is 10.0 Å². The van der Waals surface area contributed by atoms with Crippen molar-refractivity contribution in [3.8, 4) is 11.1 Å². The van der Waals surface area contributed by atoms with Gasteiger partial charge in [-0.15, -0.1) is 0 Å². The molecule has 1 atom stereocenters. The van der Waals surface area contributed by atoms with Gasteiger partial charge in [-0.25, -0.2) is 27.0 Å². The van der Waals surface area contributed by atoms with E-state index in [-0.39, 0.29) is 11.7 Å². The normalized spacial score (nSPS) is 17.4. The lowest BCUT2D eigenvalue weighted by Gasteiger charge is -2.30. The van der Waals surface area contributed by atoms with E-state index in [2.05, 4.69) is 15.1 Å². The van der Waals surface area contributed by atoms with E-state index in [1.54, 1.807) is 21.9 Å². The molecule has 0 spiro atoms. The predicted molar refractivity (Wildman–Crippen MR) is 113 cm³/mol. The number of fused-ring (bicyclic) bond motifs is 1. The zero-order valence-corrected chi connectivity index (χ0v) is 18.4. The number of carboxylic acids is 1. The number of pyridine rings is 2. The Bertz CT molecular complexity index is 1220. The van der Waals surface area contributed by atoms with E-state index in [0.717, 1.165) is 29.6 Å². The third kappa shape index (κ3) is 6.05. The van der Waals surface area contributed by atoms with Crippen molar-refractivity contribution < 1.29 is 31.5 Å². The highest BCUT2D eigenvalue weighted by atomic mass is 32.2. The van der Waals surface area contributed by atoms with Crippen LogP contribution in [0.15, 0.2) is 42.9 Å². The van der Waals surface area contributed by atoms with Crippen molar-refractivity contribution in [3.05, 3.63) is 48.7 Å². The lowest BCUT2D eigenvalue weighted by molar-refractivity contribution is -0.192. The average molecular weight is 485 g/mol. The van der Waals surface area contributed by atoms with Crippen LogP contribution in [-0.4, -0.2) is 68.4 Å². The van der Waals surface area contributed by atoms with Gasteiger partial charge in [-0.2, -0.15) is 18.3 Å². The molecule has 1 N–H and O–H groups in total. The summed E-state index contributed by atoms with van der Waals surface area (Å²) < 4.78 is 59.4. The minimum atomic E-state index is -5.08. The maximum atomic E-state index is 12.2. The smallest absolute Gasteiger partial charge is 0.475 e. The van der Waals surface area contributed by atoms with Crippen LogP contribution < -0.4 is 0 Å². The zero-order valence-electron chi connectivity index (χ0n) is 17.6. The molecule has 0 saturated carbocycles. The molecule has 1 fully saturated rings. The molecule has 0 aliphatic carbocycles. The molecule has 1 unspecified atom stereocenters. The van der Waals surface area contributed by atoms with Crippen molar-refractivity contribution in [1.82, 2.24) is 23.9 Å². The fourth-order valence-corrected chi connectivity index (χ4v) is 4.55. The van der Waals surface area contributed by atoms with Crippen LogP contribution in [0.1, 0.15) is 31.5 Å². The molecule has 4 heterocycles. The number of alkyl halides is 3. The zero-order chi connectivity index (χ0) is 24.2. The Kier molecular flexibility index (Phi) is 7.32. The first-order valence-corrected chi connectivity index (χ1v) is 11.7. The number of hydrogen-bond donors (Lipinski definition) is 1. The number of aliphatic carboxylic acids is 1. The van der Waals surface area contributed by atoms with Gasteiger partial charge in [0.25, 0.3) is 0 Å². The highest BCUT2D eigenvalue weighted by molar-refractivity contribution is 7.89. The van der Waals surface area contributed by atoms with Crippen molar-refractivity contribution in [1.29, 1.82) is 0 Å². The van der Waals surface area contributed by atoms with Crippen molar-refractivity contribution in [3.63, 3.8) is 0 Å². The number of sulfonamides is 1. The predicted octanol–water partition coefficient (Wildman–Crippen LogP) is 2.95. The lowest BCUT2D eigenvalue weighted by atomic mass is 9.99. The standard InChI is InChI=1S/C18H21N5O2S.C2HF3O2/c1-2-26(24,25)22-10-4-6-16(12-22)18-20-17-8-7-15(13-23(17)21-18)14-5-3-9-19-11-14;3-2(4,5)1(6)7/h3,5,7-9,11,13,16H,2,4,6,10,12H2,1H3;(H,6,7). The van der Waals surface area contributed by atoms with E-state index in [4.69, 9.17) is 9.90 Å². The summed E-state index contributed by atoms with van der Waals surface area (Å²) in [7, 11) is -3.17. The first-order chi connectivity index (χ1) is 15.5. The number of nitrogens with zero attached hydrogens (tertiary/aromatic N) is 5. The Morgan fingerprint density at radius 1 is 1.24 bits per heavy atom. The molecule has 1 saturated heterocycles. The van der Waals surface area contributed by atoms with Gasteiger partial charge < -0.3 is 5.11 Å². The number of aromatic nitrogens is 4. The van der Waals surface area contributed by atoms with Crippen LogP contribution >= 0.6 is 0 Å². The quantitative estimate of drug-likeness (QED) is 0.604. The van der Waals surface area contributed by atoms with E-state index in [1.807, 2.05) is 36.7 Å². The van der Waals surface area contributed by atoms with Crippen LogP contribution in [0.25, 0.3) is 16.8 Å². The molecule has 33 heavy (non-hydrogen) atoms. The van der Waals surface area contributed by atoms with Crippen LogP contribution in [0.3, 0.4) is 0 Å². The fourth-order valence-electron chi connectivity index (χ4n) is 3.37. The minimum absolute atomic E-state index is 0.0341. The summed E-state index contributed by atoms with van der Waals surface area (Å²) in [5, 5.41) is 11.8. The Labute approximate surface area is 187 Å². The Morgan fingerprint density at radius 2 is 1.97 bits per heavy atom. The van der Waals surface area contributed by atoms with Crippen molar-refractivity contribution in [2.45, 2.75) is 31.9 Å². The lowest BCUT2D eigenvalue weighted by Crippen LogP contribution is -2.40. The van der Waals surface area contributed by atoms with Gasteiger partial charge in [0.1, 0.15) is 0 Å². The summed E-state index contributed by atoms with van der Waals surface area (Å²) in [4.78, 5) is 17.7. The van der Waals surface area contributed by atoms with Crippen LogP contribution in [-0.2, 0) is 14.8 Å². The molecule has 1 aliphatic rings. The van der Waals surface area contributed by atoms with Crippen molar-refractivity contribution in [2.24, 2.45) is 0 Å². The highest BCUT2D eigenvalue weighted by Gasteiger charge is 2.38. The van der Waals surface area contributed by atoms with Gasteiger partial charge in [0.05, 0.1) is 5.75 Å². The first kappa shape index (κ1) is 24.6. The molecule has 0 aromatic carbocycles. The fraction of sp³-hybridized carbons (Fsp3) is 0.400. The maximum Gasteiger partial charge on any atom is 0.490 e. The molecule has 0 radical (unpaired) electrons. The third-order valence-electron chi connectivity index (χ3n) is 5.09. The second kappa shape index (κ2) is 9.83. The van der Waals surface area contributed by atoms with Crippen LogP contribution in [0, 0.1) is 0 Å². The second-order valence-corrected chi connectivity index (χ2v) is 9.59. The molecule has 0 bridgehead atoms. The molecule has 3 aromatic heterocycles. The molecule has 13 heteroatoms. The van der Waals surface area contributed by atoms with Crippen molar-refractivity contribution >= 4 is 21.6 Å². The Balaban J connectivity index is 0.000000383. The summed E-state index contributed by atoms with van der Waals surface area (Å²) in [5.41, 5.74) is 2.80. The van der Waals surface area contributed by atoms with Gasteiger partial charge in [-0.3, -0.25) is 4.98 Å². The van der Waals surface area contributed by atoms with Crippen LogP contribution in [0.2, 0.25) is 0 Å². The van der Waals surface area contributed by atoms with E-state index >= 15 is 0 Å².